The molecule has 0 spiro atoms. The summed E-state index contributed by atoms with van der Waals surface area (Å²) < 4.78 is 5.34. The first kappa shape index (κ1) is 15.4. The predicted molar refractivity (Wildman–Crippen MR) is 84.2 cm³/mol. The number of nitrogens with one attached hydrogen (secondary N) is 1. The van der Waals surface area contributed by atoms with Crippen LogP contribution in [0.4, 0.5) is 0 Å². The molecule has 5 heteroatoms. The van der Waals surface area contributed by atoms with Crippen LogP contribution in [0.5, 0.6) is 0 Å². The highest BCUT2D eigenvalue weighted by atomic mass is 16.5. The highest BCUT2D eigenvalue weighted by Gasteiger charge is 2.27. The van der Waals surface area contributed by atoms with E-state index in [2.05, 4.69) is 15.2 Å². The highest BCUT2D eigenvalue weighted by Crippen LogP contribution is 2.19. The number of nitrogens with zero attached hydrogens (tertiary/aromatic N) is 2. The lowest BCUT2D eigenvalue weighted by Crippen LogP contribution is -2.47. The first-order chi connectivity index (χ1) is 10.8. The number of rotatable bonds is 4. The van der Waals surface area contributed by atoms with Crippen LogP contribution in [0.3, 0.4) is 0 Å². The molecule has 2 saturated heterocycles. The third kappa shape index (κ3) is 4.27. The van der Waals surface area contributed by atoms with Crippen molar-refractivity contribution in [3.8, 4) is 0 Å². The number of amides is 1. The van der Waals surface area contributed by atoms with E-state index in [1.54, 1.807) is 0 Å². The lowest BCUT2D eigenvalue weighted by atomic mass is 9.96. The Bertz CT molecular complexity index is 474. The lowest BCUT2D eigenvalue weighted by Gasteiger charge is -2.33. The van der Waals surface area contributed by atoms with Crippen molar-refractivity contribution in [2.45, 2.75) is 38.3 Å². The molecule has 0 radical (unpaired) electrons. The van der Waals surface area contributed by atoms with Crippen LogP contribution < -0.4 is 5.32 Å². The van der Waals surface area contributed by atoms with Crippen LogP contribution in [0, 0.1) is 5.92 Å². The summed E-state index contributed by atoms with van der Waals surface area (Å²) >= 11 is 0. The van der Waals surface area contributed by atoms with Crippen molar-refractivity contribution >= 4 is 5.91 Å². The molecular formula is C17H25N3O2. The summed E-state index contributed by atoms with van der Waals surface area (Å²) in [6.45, 7) is 4.26. The SMILES string of the molecule is O=C(NC1CCOCC1)C1CCCN(Cc2ccccn2)C1. The maximum absolute atomic E-state index is 12.5. The normalized spacial score (nSPS) is 24.1. The van der Waals surface area contributed by atoms with Crippen LogP contribution in [0.15, 0.2) is 24.4 Å². The third-order valence-corrected chi connectivity index (χ3v) is 4.56. The molecule has 3 rings (SSSR count). The molecule has 22 heavy (non-hydrogen) atoms. The van der Waals surface area contributed by atoms with Crippen molar-refractivity contribution in [2.24, 2.45) is 5.92 Å². The largest absolute Gasteiger partial charge is 0.381 e. The number of carbonyl (C=O) groups excluding carboxylic acids is 1. The second-order valence-electron chi connectivity index (χ2n) is 6.29. The lowest BCUT2D eigenvalue weighted by molar-refractivity contribution is -0.128. The average Bonchev–Trinajstić information content (AvgIpc) is 2.57. The number of carbonyl (C=O) groups is 1. The Hall–Kier alpha value is -1.46. The first-order valence-corrected chi connectivity index (χ1v) is 8.31. The molecule has 1 N–H and O–H groups in total. The van der Waals surface area contributed by atoms with Gasteiger partial charge in [-0.1, -0.05) is 6.07 Å². The Morgan fingerprint density at radius 1 is 1.32 bits per heavy atom. The van der Waals surface area contributed by atoms with Gasteiger partial charge in [0.1, 0.15) is 0 Å². The summed E-state index contributed by atoms with van der Waals surface area (Å²) in [7, 11) is 0. The van der Waals surface area contributed by atoms with Crippen molar-refractivity contribution in [3.05, 3.63) is 30.1 Å². The van der Waals surface area contributed by atoms with Gasteiger partial charge in [0.25, 0.3) is 0 Å². The fourth-order valence-corrected chi connectivity index (χ4v) is 3.29. The number of ether oxygens (including phenoxy) is 1. The molecule has 0 bridgehead atoms. The van der Waals surface area contributed by atoms with Gasteiger partial charge in [0.2, 0.25) is 5.91 Å². The van der Waals surface area contributed by atoms with E-state index in [9.17, 15) is 4.79 Å². The van der Waals surface area contributed by atoms with Crippen molar-refractivity contribution in [1.29, 1.82) is 0 Å². The molecule has 0 saturated carbocycles. The predicted octanol–water partition coefficient (Wildman–Crippen LogP) is 1.59. The van der Waals surface area contributed by atoms with Crippen LogP contribution in [-0.2, 0) is 16.1 Å². The Morgan fingerprint density at radius 2 is 2.18 bits per heavy atom. The van der Waals surface area contributed by atoms with E-state index < -0.39 is 0 Å². The van der Waals surface area contributed by atoms with Crippen molar-refractivity contribution < 1.29 is 9.53 Å². The summed E-state index contributed by atoms with van der Waals surface area (Å²) in [5.41, 5.74) is 1.08. The number of aromatic nitrogens is 1. The van der Waals surface area contributed by atoms with Gasteiger partial charge in [-0.25, -0.2) is 0 Å². The molecule has 1 atom stereocenters. The molecule has 1 aromatic rings. The fourth-order valence-electron chi connectivity index (χ4n) is 3.29. The third-order valence-electron chi connectivity index (χ3n) is 4.56. The average molecular weight is 303 g/mol. The molecule has 0 aromatic carbocycles. The van der Waals surface area contributed by atoms with E-state index in [-0.39, 0.29) is 11.8 Å². The topological polar surface area (TPSA) is 54.5 Å². The monoisotopic (exact) mass is 303 g/mol. The molecule has 2 fully saturated rings. The van der Waals surface area contributed by atoms with Crippen molar-refractivity contribution in [3.63, 3.8) is 0 Å². The number of hydrogen-bond donors (Lipinski definition) is 1. The number of likely N-dealkylation sites (tertiary alicyclic amines) is 1. The maximum atomic E-state index is 12.5. The van der Waals surface area contributed by atoms with Gasteiger partial charge in [0.05, 0.1) is 11.6 Å². The molecule has 2 aliphatic heterocycles. The second-order valence-corrected chi connectivity index (χ2v) is 6.29. The summed E-state index contributed by atoms with van der Waals surface area (Å²) in [5.74, 6) is 0.331. The number of piperidine rings is 1. The number of pyridine rings is 1. The quantitative estimate of drug-likeness (QED) is 0.918. The summed E-state index contributed by atoms with van der Waals surface area (Å²) in [5, 5.41) is 3.21. The Morgan fingerprint density at radius 3 is 2.95 bits per heavy atom. The minimum Gasteiger partial charge on any atom is -0.381 e. The molecule has 5 nitrogen and oxygen atoms in total. The molecule has 2 aliphatic rings. The van der Waals surface area contributed by atoms with Crippen LogP contribution in [-0.4, -0.2) is 48.1 Å². The highest BCUT2D eigenvalue weighted by molar-refractivity contribution is 5.79. The molecular weight excluding hydrogens is 278 g/mol. The van der Waals surface area contributed by atoms with Gasteiger partial charge in [-0.15, -0.1) is 0 Å². The van der Waals surface area contributed by atoms with Gasteiger partial charge in [-0.2, -0.15) is 0 Å². The Kier molecular flexibility index (Phi) is 5.40. The van der Waals surface area contributed by atoms with E-state index in [0.29, 0.717) is 6.04 Å². The minimum absolute atomic E-state index is 0.111. The molecule has 1 unspecified atom stereocenters. The fraction of sp³-hybridized carbons (Fsp3) is 0.647. The second kappa shape index (κ2) is 7.70. The zero-order valence-electron chi connectivity index (χ0n) is 13.0. The van der Waals surface area contributed by atoms with Crippen LogP contribution in [0.25, 0.3) is 0 Å². The van der Waals surface area contributed by atoms with E-state index in [1.165, 1.54) is 0 Å². The molecule has 3 heterocycles. The summed E-state index contributed by atoms with van der Waals surface area (Å²) in [6, 6.07) is 6.30. The van der Waals surface area contributed by atoms with Gasteiger partial charge in [0, 0.05) is 38.5 Å². The smallest absolute Gasteiger partial charge is 0.224 e. The van der Waals surface area contributed by atoms with E-state index >= 15 is 0 Å². The zero-order valence-corrected chi connectivity index (χ0v) is 13.0. The Balaban J connectivity index is 1.50. The molecule has 1 amide bonds. The van der Waals surface area contributed by atoms with E-state index in [1.807, 2.05) is 24.4 Å². The van der Waals surface area contributed by atoms with Crippen LogP contribution in [0.1, 0.15) is 31.4 Å². The Labute approximate surface area is 132 Å². The minimum atomic E-state index is 0.111. The molecule has 120 valence electrons. The van der Waals surface area contributed by atoms with E-state index in [4.69, 9.17) is 4.74 Å². The summed E-state index contributed by atoms with van der Waals surface area (Å²) in [4.78, 5) is 19.2. The maximum Gasteiger partial charge on any atom is 0.224 e. The zero-order chi connectivity index (χ0) is 15.2. The van der Waals surface area contributed by atoms with Gasteiger partial charge < -0.3 is 10.1 Å². The van der Waals surface area contributed by atoms with E-state index in [0.717, 1.165) is 64.2 Å². The van der Waals surface area contributed by atoms with Crippen LogP contribution in [0.2, 0.25) is 0 Å². The molecule has 0 aliphatic carbocycles. The number of hydrogen-bond acceptors (Lipinski definition) is 4. The van der Waals surface area contributed by atoms with Gasteiger partial charge in [-0.3, -0.25) is 14.7 Å². The van der Waals surface area contributed by atoms with Gasteiger partial charge in [-0.05, 0) is 44.4 Å². The van der Waals surface area contributed by atoms with Crippen LogP contribution >= 0.6 is 0 Å². The van der Waals surface area contributed by atoms with Gasteiger partial charge in [0.15, 0.2) is 0 Å². The molecule has 1 aromatic heterocycles. The van der Waals surface area contributed by atoms with Crippen molar-refractivity contribution in [1.82, 2.24) is 15.2 Å². The standard InChI is InChI=1S/C17H25N3O2/c21-17(19-15-6-10-22-11-7-15)14-4-3-9-20(12-14)13-16-5-1-2-8-18-16/h1-2,5,8,14-15H,3-4,6-7,9-13H2,(H,19,21). The van der Waals surface area contributed by atoms with Crippen molar-refractivity contribution in [2.75, 3.05) is 26.3 Å². The first-order valence-electron chi connectivity index (χ1n) is 8.31. The van der Waals surface area contributed by atoms with Gasteiger partial charge >= 0.3 is 0 Å². The summed E-state index contributed by atoms with van der Waals surface area (Å²) in [6.07, 6.45) is 5.79.